The van der Waals surface area contributed by atoms with E-state index in [0.29, 0.717) is 5.71 Å². The van der Waals surface area contributed by atoms with Gasteiger partial charge in [0, 0.05) is 21.5 Å². The summed E-state index contributed by atoms with van der Waals surface area (Å²) in [7, 11) is 0. The smallest absolute Gasteiger partial charge is 0.278 e. The molecule has 4 rings (SSSR count). The molecule has 0 saturated carbocycles. The number of amides is 1. The predicted molar refractivity (Wildman–Crippen MR) is 99.4 cm³/mol. The van der Waals surface area contributed by atoms with Crippen molar-refractivity contribution in [3.05, 3.63) is 69.7 Å². The van der Waals surface area contributed by atoms with Crippen molar-refractivity contribution < 1.29 is 4.79 Å². The second kappa shape index (κ2) is 5.98. The predicted octanol–water partition coefficient (Wildman–Crippen LogP) is 4.89. The number of carbonyl (C=O) groups is 1. The molecule has 0 bridgehead atoms. The topological polar surface area (TPSA) is 32.7 Å². The number of para-hydroxylation sites is 1. The van der Waals surface area contributed by atoms with Gasteiger partial charge in [-0.05, 0) is 42.2 Å². The molecule has 2 aromatic rings. The van der Waals surface area contributed by atoms with Gasteiger partial charge >= 0.3 is 0 Å². The van der Waals surface area contributed by atoms with Gasteiger partial charge in [-0.3, -0.25) is 9.69 Å². The van der Waals surface area contributed by atoms with Crippen molar-refractivity contribution in [2.45, 2.75) is 6.42 Å². The van der Waals surface area contributed by atoms with Gasteiger partial charge in [-0.2, -0.15) is 0 Å². The number of benzene rings is 2. The summed E-state index contributed by atoms with van der Waals surface area (Å²) in [5.74, 6) is 0.989. The summed E-state index contributed by atoms with van der Waals surface area (Å²) in [4.78, 5) is 19.4. The van der Waals surface area contributed by atoms with Gasteiger partial charge in [-0.1, -0.05) is 34.1 Å². The second-order valence-electron chi connectivity index (χ2n) is 5.32. The number of fused-ring (bicyclic) bond motifs is 1. The van der Waals surface area contributed by atoms with E-state index in [4.69, 9.17) is 0 Å². The molecule has 2 aromatic carbocycles. The van der Waals surface area contributed by atoms with Crippen molar-refractivity contribution in [3.8, 4) is 0 Å². The van der Waals surface area contributed by atoms with Crippen molar-refractivity contribution in [2.75, 3.05) is 10.7 Å². The summed E-state index contributed by atoms with van der Waals surface area (Å²) in [6.45, 7) is 0. The van der Waals surface area contributed by atoms with Crippen LogP contribution in [0.2, 0.25) is 0 Å². The SMILES string of the molecule is O=C1C(=Nc2ccc(Br)cc2)c2ccccc2N1C1=CSCC1. The average Bonchev–Trinajstić information content (AvgIpc) is 3.17. The summed E-state index contributed by atoms with van der Waals surface area (Å²) in [6, 6.07) is 15.5. The lowest BCUT2D eigenvalue weighted by Gasteiger charge is -2.17. The van der Waals surface area contributed by atoms with Gasteiger partial charge in [-0.15, -0.1) is 11.8 Å². The van der Waals surface area contributed by atoms with Crippen LogP contribution in [0, 0.1) is 0 Å². The van der Waals surface area contributed by atoms with E-state index in [1.807, 2.05) is 53.4 Å². The fourth-order valence-corrected chi connectivity index (χ4v) is 3.90. The molecule has 0 aromatic heterocycles. The quantitative estimate of drug-likeness (QED) is 0.737. The van der Waals surface area contributed by atoms with Gasteiger partial charge < -0.3 is 0 Å². The van der Waals surface area contributed by atoms with Crippen LogP contribution in [0.25, 0.3) is 0 Å². The van der Waals surface area contributed by atoms with E-state index in [0.717, 1.165) is 39.3 Å². The minimum Gasteiger partial charge on any atom is -0.278 e. The van der Waals surface area contributed by atoms with Crippen LogP contribution in [0.15, 0.2) is 69.1 Å². The summed E-state index contributed by atoms with van der Waals surface area (Å²) in [5, 5.41) is 2.08. The maximum atomic E-state index is 13.0. The molecular weight excluding hydrogens is 372 g/mol. The number of rotatable bonds is 2. The number of nitrogens with zero attached hydrogens (tertiary/aromatic N) is 2. The highest BCUT2D eigenvalue weighted by Crippen LogP contribution is 2.37. The van der Waals surface area contributed by atoms with Crippen molar-refractivity contribution in [2.24, 2.45) is 4.99 Å². The molecule has 0 radical (unpaired) electrons. The molecule has 2 heterocycles. The molecule has 1 amide bonds. The largest absolute Gasteiger partial charge is 0.281 e. The normalized spacial score (nSPS) is 18.5. The van der Waals surface area contributed by atoms with Gasteiger partial charge in [0.1, 0.15) is 5.71 Å². The first kappa shape index (κ1) is 14.7. The molecule has 0 unspecified atom stereocenters. The Bertz CT molecular complexity index is 842. The first-order chi connectivity index (χ1) is 11.2. The third-order valence-electron chi connectivity index (χ3n) is 3.86. The van der Waals surface area contributed by atoms with E-state index in [1.165, 1.54) is 0 Å². The van der Waals surface area contributed by atoms with E-state index in [9.17, 15) is 4.79 Å². The molecule has 0 aliphatic carbocycles. The fourth-order valence-electron chi connectivity index (χ4n) is 2.78. The number of hydrogen-bond donors (Lipinski definition) is 0. The number of allylic oxidation sites excluding steroid dienone is 1. The Labute approximate surface area is 147 Å². The van der Waals surface area contributed by atoms with Crippen LogP contribution in [-0.2, 0) is 4.79 Å². The Balaban J connectivity index is 1.82. The molecule has 0 saturated heterocycles. The molecule has 2 aliphatic heterocycles. The molecule has 0 spiro atoms. The van der Waals surface area contributed by atoms with Crippen molar-refractivity contribution in [1.82, 2.24) is 0 Å². The summed E-state index contributed by atoms with van der Waals surface area (Å²) in [6.07, 6.45) is 0.913. The van der Waals surface area contributed by atoms with Crippen LogP contribution in [-0.4, -0.2) is 17.4 Å². The third kappa shape index (κ3) is 2.64. The molecule has 3 nitrogen and oxygen atoms in total. The lowest BCUT2D eigenvalue weighted by Crippen LogP contribution is -2.28. The minimum atomic E-state index is -0.0390. The van der Waals surface area contributed by atoms with Crippen LogP contribution < -0.4 is 4.90 Å². The monoisotopic (exact) mass is 384 g/mol. The molecule has 2 aliphatic rings. The minimum absolute atomic E-state index is 0.0390. The number of anilines is 1. The summed E-state index contributed by atoms with van der Waals surface area (Å²) >= 11 is 5.17. The molecule has 0 atom stereocenters. The standard InChI is InChI=1S/C18H13BrN2OS/c19-12-5-7-13(8-6-12)20-17-15-3-1-2-4-16(15)21(18(17)22)14-9-10-23-11-14/h1-8,11H,9-10H2. The Kier molecular flexibility index (Phi) is 3.83. The molecule has 5 heteroatoms. The molecule has 0 N–H and O–H groups in total. The van der Waals surface area contributed by atoms with Gasteiger partial charge in [-0.25, -0.2) is 4.99 Å². The molecule has 114 valence electrons. The first-order valence-corrected chi connectivity index (χ1v) is 9.17. The molecular formula is C18H13BrN2OS. The number of carbonyl (C=O) groups excluding carboxylic acids is 1. The van der Waals surface area contributed by atoms with Crippen LogP contribution in [0.1, 0.15) is 12.0 Å². The van der Waals surface area contributed by atoms with Crippen LogP contribution in [0.5, 0.6) is 0 Å². The van der Waals surface area contributed by atoms with Gasteiger partial charge in [0.2, 0.25) is 0 Å². The van der Waals surface area contributed by atoms with E-state index in [2.05, 4.69) is 26.3 Å². The molecule has 23 heavy (non-hydrogen) atoms. The number of thioether (sulfide) groups is 1. The van der Waals surface area contributed by atoms with E-state index < -0.39 is 0 Å². The average molecular weight is 385 g/mol. The highest BCUT2D eigenvalue weighted by Gasteiger charge is 2.36. The maximum Gasteiger partial charge on any atom is 0.281 e. The Morgan fingerprint density at radius 3 is 2.61 bits per heavy atom. The van der Waals surface area contributed by atoms with E-state index in [-0.39, 0.29) is 5.91 Å². The lowest BCUT2D eigenvalue weighted by atomic mass is 10.1. The van der Waals surface area contributed by atoms with Crippen LogP contribution >= 0.6 is 27.7 Å². The summed E-state index contributed by atoms with van der Waals surface area (Å²) < 4.78 is 0.995. The van der Waals surface area contributed by atoms with Crippen LogP contribution in [0.3, 0.4) is 0 Å². The highest BCUT2D eigenvalue weighted by molar-refractivity contribution is 9.10. The first-order valence-electron chi connectivity index (χ1n) is 7.33. The number of aliphatic imine (C=N–C) groups is 1. The third-order valence-corrected chi connectivity index (χ3v) is 5.26. The fraction of sp³-hybridized carbons (Fsp3) is 0.111. The molecule has 0 fully saturated rings. The van der Waals surface area contributed by atoms with Gasteiger partial charge in [0.05, 0.1) is 11.4 Å². The van der Waals surface area contributed by atoms with Crippen LogP contribution in [0.4, 0.5) is 11.4 Å². The maximum absolute atomic E-state index is 13.0. The van der Waals surface area contributed by atoms with Gasteiger partial charge in [0.25, 0.3) is 5.91 Å². The highest BCUT2D eigenvalue weighted by atomic mass is 79.9. The Morgan fingerprint density at radius 1 is 1.09 bits per heavy atom. The van der Waals surface area contributed by atoms with Gasteiger partial charge in [0.15, 0.2) is 0 Å². The second-order valence-corrected chi connectivity index (χ2v) is 7.22. The van der Waals surface area contributed by atoms with E-state index >= 15 is 0 Å². The Hall–Kier alpha value is -1.85. The number of hydrogen-bond acceptors (Lipinski definition) is 3. The van der Waals surface area contributed by atoms with Crippen molar-refractivity contribution in [1.29, 1.82) is 0 Å². The lowest BCUT2D eigenvalue weighted by molar-refractivity contribution is -0.111. The van der Waals surface area contributed by atoms with E-state index in [1.54, 1.807) is 11.8 Å². The summed E-state index contributed by atoms with van der Waals surface area (Å²) in [5.41, 5.74) is 4.19. The van der Waals surface area contributed by atoms with Crippen molar-refractivity contribution in [3.63, 3.8) is 0 Å². The zero-order chi connectivity index (χ0) is 15.8. The Morgan fingerprint density at radius 2 is 1.87 bits per heavy atom. The zero-order valence-corrected chi connectivity index (χ0v) is 14.6. The number of halogens is 1. The van der Waals surface area contributed by atoms with Crippen molar-refractivity contribution >= 4 is 50.7 Å². The zero-order valence-electron chi connectivity index (χ0n) is 12.2.